The first kappa shape index (κ1) is 15.0. The van der Waals surface area contributed by atoms with E-state index in [9.17, 15) is 0 Å². The highest BCUT2D eigenvalue weighted by Crippen LogP contribution is 2.14. The van der Waals surface area contributed by atoms with Crippen molar-refractivity contribution in [1.82, 2.24) is 0 Å². The van der Waals surface area contributed by atoms with Crippen molar-refractivity contribution in [2.24, 2.45) is 5.73 Å². The van der Waals surface area contributed by atoms with E-state index in [1.807, 2.05) is 31.2 Å². The van der Waals surface area contributed by atoms with Crippen LogP contribution in [0.15, 0.2) is 24.3 Å². The van der Waals surface area contributed by atoms with Gasteiger partial charge in [-0.05, 0) is 31.0 Å². The molecule has 0 fully saturated rings. The minimum absolute atomic E-state index is 0.0354. The van der Waals surface area contributed by atoms with Crippen LogP contribution in [0.3, 0.4) is 0 Å². The number of aliphatic hydroxyl groups excluding tert-OH is 1. The predicted octanol–water partition coefficient (Wildman–Crippen LogP) is 1.35. The van der Waals surface area contributed by atoms with Crippen molar-refractivity contribution in [3.8, 4) is 5.75 Å². The SMILES string of the molecule is COCCc1ccc(OCCC(C)(N)CO)cc1. The number of hydrogen-bond acceptors (Lipinski definition) is 4. The van der Waals surface area contributed by atoms with Gasteiger partial charge in [-0.3, -0.25) is 0 Å². The van der Waals surface area contributed by atoms with E-state index in [0.29, 0.717) is 13.0 Å². The van der Waals surface area contributed by atoms with Gasteiger partial charge < -0.3 is 20.3 Å². The second-order valence-corrected chi connectivity index (χ2v) is 4.80. The van der Waals surface area contributed by atoms with Crippen LogP contribution in [0.2, 0.25) is 0 Å². The third kappa shape index (κ3) is 5.49. The average Bonchev–Trinajstić information content (AvgIpc) is 2.38. The maximum absolute atomic E-state index is 9.02. The van der Waals surface area contributed by atoms with Crippen molar-refractivity contribution in [2.75, 3.05) is 26.9 Å². The molecule has 0 aromatic heterocycles. The zero-order chi connectivity index (χ0) is 13.4. The zero-order valence-electron chi connectivity index (χ0n) is 11.2. The minimum Gasteiger partial charge on any atom is -0.494 e. The lowest BCUT2D eigenvalue weighted by atomic mass is 10.0. The summed E-state index contributed by atoms with van der Waals surface area (Å²) in [5, 5.41) is 9.02. The Kier molecular flexibility index (Phi) is 6.12. The van der Waals surface area contributed by atoms with Crippen molar-refractivity contribution < 1.29 is 14.6 Å². The summed E-state index contributed by atoms with van der Waals surface area (Å²) in [7, 11) is 1.70. The Morgan fingerprint density at radius 2 is 1.89 bits per heavy atom. The molecule has 0 aliphatic heterocycles. The first-order valence-electron chi connectivity index (χ1n) is 6.18. The summed E-state index contributed by atoms with van der Waals surface area (Å²) >= 11 is 0. The third-order valence-electron chi connectivity index (χ3n) is 2.82. The van der Waals surface area contributed by atoms with E-state index in [1.165, 1.54) is 5.56 Å². The van der Waals surface area contributed by atoms with Crippen molar-refractivity contribution in [1.29, 1.82) is 0 Å². The van der Waals surface area contributed by atoms with E-state index in [0.717, 1.165) is 18.8 Å². The fourth-order valence-corrected chi connectivity index (χ4v) is 1.45. The average molecular weight is 253 g/mol. The standard InChI is InChI=1S/C14H23NO3/c1-14(15,11-16)8-10-18-13-5-3-12(4-6-13)7-9-17-2/h3-6,16H,7-11,15H2,1-2H3. The van der Waals surface area contributed by atoms with Crippen molar-refractivity contribution in [3.05, 3.63) is 29.8 Å². The Balaban J connectivity index is 2.35. The van der Waals surface area contributed by atoms with Crippen LogP contribution in [-0.2, 0) is 11.2 Å². The first-order chi connectivity index (χ1) is 8.57. The van der Waals surface area contributed by atoms with E-state index in [-0.39, 0.29) is 6.61 Å². The molecule has 4 heteroatoms. The highest BCUT2D eigenvalue weighted by atomic mass is 16.5. The highest BCUT2D eigenvalue weighted by Gasteiger charge is 2.16. The van der Waals surface area contributed by atoms with Gasteiger partial charge in [0.25, 0.3) is 0 Å². The summed E-state index contributed by atoms with van der Waals surface area (Å²) in [6.45, 7) is 3.00. The number of nitrogens with two attached hydrogens (primary N) is 1. The zero-order valence-corrected chi connectivity index (χ0v) is 11.2. The summed E-state index contributed by atoms with van der Waals surface area (Å²) in [5.41, 5.74) is 6.47. The summed E-state index contributed by atoms with van der Waals surface area (Å²) in [6.07, 6.45) is 1.52. The molecule has 0 aliphatic rings. The van der Waals surface area contributed by atoms with E-state index in [1.54, 1.807) is 7.11 Å². The molecule has 0 radical (unpaired) electrons. The topological polar surface area (TPSA) is 64.7 Å². The maximum atomic E-state index is 9.02. The number of aliphatic hydroxyl groups is 1. The molecule has 1 atom stereocenters. The molecule has 4 nitrogen and oxygen atoms in total. The second-order valence-electron chi connectivity index (χ2n) is 4.80. The van der Waals surface area contributed by atoms with Gasteiger partial charge in [0.15, 0.2) is 0 Å². The van der Waals surface area contributed by atoms with Crippen LogP contribution in [0, 0.1) is 0 Å². The largest absolute Gasteiger partial charge is 0.494 e. The molecule has 0 saturated heterocycles. The number of hydrogen-bond donors (Lipinski definition) is 2. The van der Waals surface area contributed by atoms with Crippen LogP contribution in [0.5, 0.6) is 5.75 Å². The van der Waals surface area contributed by atoms with Crippen LogP contribution in [-0.4, -0.2) is 37.6 Å². The first-order valence-corrected chi connectivity index (χ1v) is 6.18. The smallest absolute Gasteiger partial charge is 0.119 e. The molecule has 18 heavy (non-hydrogen) atoms. The number of benzene rings is 1. The molecule has 1 rings (SSSR count). The number of rotatable bonds is 8. The van der Waals surface area contributed by atoms with Gasteiger partial charge in [0, 0.05) is 19.1 Å². The number of ether oxygens (including phenoxy) is 2. The van der Waals surface area contributed by atoms with Gasteiger partial charge in [0.2, 0.25) is 0 Å². The van der Waals surface area contributed by atoms with Gasteiger partial charge >= 0.3 is 0 Å². The van der Waals surface area contributed by atoms with Gasteiger partial charge in [-0.15, -0.1) is 0 Å². The fraction of sp³-hybridized carbons (Fsp3) is 0.571. The van der Waals surface area contributed by atoms with Gasteiger partial charge in [-0.25, -0.2) is 0 Å². The van der Waals surface area contributed by atoms with Crippen molar-refractivity contribution in [3.63, 3.8) is 0 Å². The quantitative estimate of drug-likeness (QED) is 0.734. The molecule has 1 unspecified atom stereocenters. The van der Waals surface area contributed by atoms with Crippen LogP contribution >= 0.6 is 0 Å². The summed E-state index contributed by atoms with van der Waals surface area (Å²) in [4.78, 5) is 0. The van der Waals surface area contributed by atoms with Gasteiger partial charge in [-0.2, -0.15) is 0 Å². The van der Waals surface area contributed by atoms with Crippen LogP contribution in [0.25, 0.3) is 0 Å². The van der Waals surface area contributed by atoms with E-state index < -0.39 is 5.54 Å². The van der Waals surface area contributed by atoms with E-state index in [2.05, 4.69) is 0 Å². The molecular formula is C14H23NO3. The fourth-order valence-electron chi connectivity index (χ4n) is 1.45. The van der Waals surface area contributed by atoms with E-state index in [4.69, 9.17) is 20.3 Å². The molecule has 1 aromatic rings. The lowest BCUT2D eigenvalue weighted by Crippen LogP contribution is -2.41. The lowest BCUT2D eigenvalue weighted by molar-refractivity contribution is 0.175. The lowest BCUT2D eigenvalue weighted by Gasteiger charge is -2.21. The highest BCUT2D eigenvalue weighted by molar-refractivity contribution is 5.27. The molecule has 0 bridgehead atoms. The summed E-state index contributed by atoms with van der Waals surface area (Å²) in [6, 6.07) is 7.94. The van der Waals surface area contributed by atoms with E-state index >= 15 is 0 Å². The minimum atomic E-state index is -0.571. The molecule has 0 spiro atoms. The van der Waals surface area contributed by atoms with Crippen LogP contribution in [0.1, 0.15) is 18.9 Å². The Hall–Kier alpha value is -1.10. The number of methoxy groups -OCH3 is 1. The summed E-state index contributed by atoms with van der Waals surface area (Å²) < 4.78 is 10.6. The Morgan fingerprint density at radius 1 is 1.22 bits per heavy atom. The second kappa shape index (κ2) is 7.36. The molecule has 0 heterocycles. The van der Waals surface area contributed by atoms with Gasteiger partial charge in [0.1, 0.15) is 5.75 Å². The Bertz CT molecular complexity index is 335. The summed E-state index contributed by atoms with van der Waals surface area (Å²) in [5.74, 6) is 0.824. The normalized spacial score (nSPS) is 14.2. The van der Waals surface area contributed by atoms with Crippen LogP contribution < -0.4 is 10.5 Å². The van der Waals surface area contributed by atoms with Crippen LogP contribution in [0.4, 0.5) is 0 Å². The van der Waals surface area contributed by atoms with Gasteiger partial charge in [-0.1, -0.05) is 12.1 Å². The predicted molar refractivity (Wildman–Crippen MR) is 71.8 cm³/mol. The molecular weight excluding hydrogens is 230 g/mol. The molecule has 3 N–H and O–H groups in total. The third-order valence-corrected chi connectivity index (χ3v) is 2.82. The molecule has 0 amide bonds. The molecule has 1 aromatic carbocycles. The molecule has 102 valence electrons. The monoisotopic (exact) mass is 253 g/mol. The molecule has 0 aliphatic carbocycles. The molecule has 0 saturated carbocycles. The maximum Gasteiger partial charge on any atom is 0.119 e. The van der Waals surface area contributed by atoms with Crippen molar-refractivity contribution >= 4 is 0 Å². The van der Waals surface area contributed by atoms with Gasteiger partial charge in [0.05, 0.1) is 19.8 Å². The Labute approximate surface area is 109 Å². The Morgan fingerprint density at radius 3 is 2.44 bits per heavy atom. The van der Waals surface area contributed by atoms with Crippen molar-refractivity contribution in [2.45, 2.75) is 25.3 Å².